The van der Waals surface area contributed by atoms with Crippen molar-refractivity contribution in [2.45, 2.75) is 19.2 Å². The van der Waals surface area contributed by atoms with E-state index in [1.54, 1.807) is 22.4 Å². The molecular weight excluding hydrogens is 411 g/mol. The Morgan fingerprint density at radius 3 is 2.45 bits per heavy atom. The van der Waals surface area contributed by atoms with E-state index in [1.807, 2.05) is 11.8 Å². The van der Waals surface area contributed by atoms with Crippen molar-refractivity contribution in [3.8, 4) is 22.5 Å². The van der Waals surface area contributed by atoms with Gasteiger partial charge in [0.05, 0.1) is 23.6 Å². The molecule has 160 valence electrons. The van der Waals surface area contributed by atoms with Crippen LogP contribution < -0.4 is 4.90 Å². The number of halogens is 3. The monoisotopic (exact) mass is 429 g/mol. The maximum atomic E-state index is 13.0. The molecule has 1 aliphatic heterocycles. The summed E-state index contributed by atoms with van der Waals surface area (Å²) in [7, 11) is 1.73. The number of alkyl halides is 3. The fourth-order valence-corrected chi connectivity index (χ4v) is 3.88. The van der Waals surface area contributed by atoms with Crippen LogP contribution in [0.25, 0.3) is 28.0 Å². The van der Waals surface area contributed by atoms with E-state index in [-0.39, 0.29) is 0 Å². The van der Waals surface area contributed by atoms with Crippen LogP contribution in [0.4, 0.5) is 19.0 Å². The molecule has 0 saturated carbocycles. The minimum Gasteiger partial charge on any atom is -0.389 e. The van der Waals surface area contributed by atoms with Crippen molar-refractivity contribution in [1.29, 1.82) is 0 Å². The summed E-state index contributed by atoms with van der Waals surface area (Å²) in [6.45, 7) is 2.72. The number of aliphatic hydroxyl groups is 1. The number of aryl methyl sites for hydroxylation is 2. The Morgan fingerprint density at radius 1 is 1.10 bits per heavy atom. The van der Waals surface area contributed by atoms with Gasteiger partial charge in [0.2, 0.25) is 0 Å². The Bertz CT molecular complexity index is 1270. The lowest BCUT2D eigenvalue weighted by Crippen LogP contribution is -2.51. The Balaban J connectivity index is 1.68. The van der Waals surface area contributed by atoms with Crippen molar-refractivity contribution in [2.75, 3.05) is 18.0 Å². The summed E-state index contributed by atoms with van der Waals surface area (Å²) >= 11 is 0. The summed E-state index contributed by atoms with van der Waals surface area (Å²) in [6, 6.07) is 4.96. The van der Waals surface area contributed by atoms with Crippen LogP contribution in [0, 0.1) is 6.92 Å². The van der Waals surface area contributed by atoms with Gasteiger partial charge in [-0.2, -0.15) is 23.4 Å². The van der Waals surface area contributed by atoms with Gasteiger partial charge in [0.25, 0.3) is 0 Å². The number of imidazole rings is 1. The molecule has 5 rings (SSSR count). The minimum absolute atomic E-state index is 0.413. The number of anilines is 1. The van der Waals surface area contributed by atoms with Gasteiger partial charge in [-0.05, 0) is 19.1 Å². The highest BCUT2D eigenvalue weighted by Gasteiger charge is 2.32. The van der Waals surface area contributed by atoms with Crippen LogP contribution >= 0.6 is 0 Å². The van der Waals surface area contributed by atoms with E-state index in [0.717, 1.165) is 12.1 Å². The molecule has 1 aliphatic rings. The normalized spacial score (nSPS) is 15.0. The first kappa shape index (κ1) is 19.5. The number of aliphatic hydroxyl groups excluding tert-OH is 1. The number of nitrogens with zero attached hydrogens (tertiary/aromatic N) is 7. The van der Waals surface area contributed by atoms with E-state index in [1.165, 1.54) is 18.5 Å². The van der Waals surface area contributed by atoms with Crippen molar-refractivity contribution in [3.05, 3.63) is 48.2 Å². The van der Waals surface area contributed by atoms with E-state index in [4.69, 9.17) is 0 Å². The number of rotatable bonds is 3. The molecule has 4 aromatic rings. The highest BCUT2D eigenvalue weighted by atomic mass is 19.4. The second-order valence-corrected chi connectivity index (χ2v) is 7.52. The number of hydrogen-bond acceptors (Lipinski definition) is 6. The molecule has 1 N–H and O–H groups in total. The van der Waals surface area contributed by atoms with Crippen molar-refractivity contribution in [2.24, 2.45) is 7.05 Å². The quantitative estimate of drug-likeness (QED) is 0.539. The van der Waals surface area contributed by atoms with Crippen LogP contribution in [0.5, 0.6) is 0 Å². The van der Waals surface area contributed by atoms with Crippen molar-refractivity contribution < 1.29 is 18.3 Å². The fourth-order valence-electron chi connectivity index (χ4n) is 3.88. The highest BCUT2D eigenvalue weighted by Crippen LogP contribution is 2.38. The molecule has 0 spiro atoms. The first-order valence-corrected chi connectivity index (χ1v) is 9.57. The first-order valence-electron chi connectivity index (χ1n) is 9.57. The zero-order valence-corrected chi connectivity index (χ0v) is 16.7. The molecule has 0 unspecified atom stereocenters. The Hall–Kier alpha value is -3.47. The van der Waals surface area contributed by atoms with Gasteiger partial charge in [0.1, 0.15) is 23.4 Å². The molecule has 1 saturated heterocycles. The smallest absolute Gasteiger partial charge is 0.389 e. The molecule has 0 amide bonds. The first-order chi connectivity index (χ1) is 14.7. The lowest BCUT2D eigenvalue weighted by Gasteiger charge is -2.36. The van der Waals surface area contributed by atoms with Crippen molar-refractivity contribution in [1.82, 2.24) is 29.4 Å². The Labute approximate surface area is 174 Å². The van der Waals surface area contributed by atoms with E-state index < -0.39 is 17.8 Å². The van der Waals surface area contributed by atoms with Crippen LogP contribution in [-0.4, -0.2) is 53.7 Å². The average Bonchev–Trinajstić information content (AvgIpc) is 3.25. The lowest BCUT2D eigenvalue weighted by atomic mass is 10.0. The summed E-state index contributed by atoms with van der Waals surface area (Å²) in [6.07, 6.45) is -1.75. The molecule has 11 heteroatoms. The summed E-state index contributed by atoms with van der Waals surface area (Å²) in [5, 5.41) is 18.3. The van der Waals surface area contributed by atoms with Crippen LogP contribution in [-0.2, 0) is 13.2 Å². The molecular formula is C20H18F3N7O. The number of hydrogen-bond donors (Lipinski definition) is 1. The number of benzene rings is 1. The molecule has 4 heterocycles. The second-order valence-electron chi connectivity index (χ2n) is 7.52. The molecule has 1 fully saturated rings. The maximum absolute atomic E-state index is 13.0. The average molecular weight is 429 g/mol. The number of fused-ring (bicyclic) bond motifs is 1. The molecule has 0 aliphatic carbocycles. The van der Waals surface area contributed by atoms with Crippen molar-refractivity contribution >= 4 is 11.3 Å². The third-order valence-corrected chi connectivity index (χ3v) is 5.42. The van der Waals surface area contributed by atoms with Crippen LogP contribution in [0.3, 0.4) is 0 Å². The van der Waals surface area contributed by atoms with Crippen molar-refractivity contribution in [3.63, 3.8) is 0 Å². The van der Waals surface area contributed by atoms with Gasteiger partial charge >= 0.3 is 6.18 Å². The molecule has 3 aromatic heterocycles. The molecule has 0 radical (unpaired) electrons. The van der Waals surface area contributed by atoms with Crippen LogP contribution in [0.1, 0.15) is 11.4 Å². The zero-order valence-electron chi connectivity index (χ0n) is 16.7. The number of β-amino-alcohol motifs (C(OH)–C–C–N with tert-alkyl or cyclic N) is 1. The van der Waals surface area contributed by atoms with Gasteiger partial charge < -0.3 is 10.0 Å². The zero-order chi connectivity index (χ0) is 21.9. The van der Waals surface area contributed by atoms with E-state index >= 15 is 0 Å². The lowest BCUT2D eigenvalue weighted by molar-refractivity contribution is -0.137. The van der Waals surface area contributed by atoms with E-state index in [9.17, 15) is 18.3 Å². The molecule has 0 bridgehead atoms. The summed E-state index contributed by atoms with van der Waals surface area (Å²) < 4.78 is 42.2. The minimum atomic E-state index is -4.40. The second kappa shape index (κ2) is 6.77. The van der Waals surface area contributed by atoms with Crippen LogP contribution in [0.2, 0.25) is 0 Å². The number of aromatic nitrogens is 6. The molecule has 0 atom stereocenters. The molecule has 1 aromatic carbocycles. The van der Waals surface area contributed by atoms with Gasteiger partial charge in [-0.25, -0.2) is 14.5 Å². The summed E-state index contributed by atoms with van der Waals surface area (Å²) in [4.78, 5) is 11.0. The van der Waals surface area contributed by atoms with Gasteiger partial charge in [-0.3, -0.25) is 4.68 Å². The van der Waals surface area contributed by atoms with Gasteiger partial charge in [0.15, 0.2) is 5.82 Å². The molecule has 8 nitrogen and oxygen atoms in total. The predicted octanol–water partition coefficient (Wildman–Crippen LogP) is 2.70. The Morgan fingerprint density at radius 2 is 1.81 bits per heavy atom. The summed E-state index contributed by atoms with van der Waals surface area (Å²) in [5.74, 6) is 1.27. The molecule has 31 heavy (non-hydrogen) atoms. The third kappa shape index (κ3) is 3.12. The third-order valence-electron chi connectivity index (χ3n) is 5.42. The predicted molar refractivity (Wildman–Crippen MR) is 106 cm³/mol. The van der Waals surface area contributed by atoms with Gasteiger partial charge in [-0.1, -0.05) is 12.1 Å². The van der Waals surface area contributed by atoms with Gasteiger partial charge in [0, 0.05) is 31.3 Å². The standard InChI is InChI=1S/C20H18F3N7O/c1-11-27-16(18-19(24-10-26-30(11)18)29-8-14(31)9-29)15-7-25-28(2)17(15)12-3-5-13(6-4-12)20(21,22)23/h3-7,10,14,31H,8-9H2,1-2H3. The van der Waals surface area contributed by atoms with Gasteiger partial charge in [-0.15, -0.1) is 0 Å². The van der Waals surface area contributed by atoms with Crippen LogP contribution in [0.15, 0.2) is 36.8 Å². The topological polar surface area (TPSA) is 84.4 Å². The van der Waals surface area contributed by atoms with E-state index in [0.29, 0.717) is 52.8 Å². The fraction of sp³-hybridized carbons (Fsp3) is 0.300. The maximum Gasteiger partial charge on any atom is 0.416 e. The Kier molecular flexibility index (Phi) is 4.26. The highest BCUT2D eigenvalue weighted by molar-refractivity contribution is 5.92. The largest absolute Gasteiger partial charge is 0.416 e. The van der Waals surface area contributed by atoms with E-state index in [2.05, 4.69) is 20.2 Å². The SMILES string of the molecule is Cc1nc(-c2cnn(C)c2-c2ccc(C(F)(F)F)cc2)c2c(N3CC(O)C3)ncnn12. The summed E-state index contributed by atoms with van der Waals surface area (Å²) in [5.41, 5.74) is 2.40.